The smallest absolute Gasteiger partial charge is 0.0640 e. The molecule has 0 spiro atoms. The van der Waals surface area contributed by atoms with Crippen molar-refractivity contribution in [1.29, 1.82) is 0 Å². The van der Waals surface area contributed by atoms with Gasteiger partial charge in [0.2, 0.25) is 0 Å². The molecule has 1 aliphatic rings. The van der Waals surface area contributed by atoms with Crippen LogP contribution >= 0.6 is 11.6 Å². The molecule has 0 aliphatic carbocycles. The van der Waals surface area contributed by atoms with Crippen LogP contribution in [0.4, 0.5) is 0 Å². The Hall–Kier alpha value is -2.18. The quantitative estimate of drug-likeness (QED) is 0.243. The Bertz CT molecular complexity index is 1160. The van der Waals surface area contributed by atoms with E-state index in [-0.39, 0.29) is 11.6 Å². The molecule has 5 nitrogen and oxygen atoms in total. The number of hydrogen-bond donors (Lipinski definition) is 0. The summed E-state index contributed by atoms with van der Waals surface area (Å²) in [5.74, 6) is 0.632. The molecule has 1 unspecified atom stereocenters. The third-order valence-electron chi connectivity index (χ3n) is 8.02. The molecule has 0 N–H and O–H groups in total. The van der Waals surface area contributed by atoms with Crippen LogP contribution in [0, 0.1) is 5.92 Å². The molecule has 0 radical (unpaired) electrons. The van der Waals surface area contributed by atoms with E-state index in [1.165, 1.54) is 22.5 Å². The largest absolute Gasteiger partial charge is 0.302 e. The normalized spacial score (nSPS) is 16.2. The van der Waals surface area contributed by atoms with Crippen LogP contribution in [-0.4, -0.2) is 76.8 Å². The second-order valence-corrected chi connectivity index (χ2v) is 13.2. The van der Waals surface area contributed by atoms with Crippen LogP contribution in [0.1, 0.15) is 70.1 Å². The highest BCUT2D eigenvalue weighted by molar-refractivity contribution is 6.30. The molecule has 1 fully saturated rings. The summed E-state index contributed by atoms with van der Waals surface area (Å²) in [7, 11) is 0. The predicted molar refractivity (Wildman–Crippen MR) is 169 cm³/mol. The van der Waals surface area contributed by atoms with E-state index in [9.17, 15) is 0 Å². The average Bonchev–Trinajstić information content (AvgIpc) is 3.34. The molecule has 2 aromatic carbocycles. The van der Waals surface area contributed by atoms with E-state index in [0.717, 1.165) is 70.2 Å². The van der Waals surface area contributed by atoms with Gasteiger partial charge in [-0.05, 0) is 69.0 Å². The number of benzene rings is 2. The lowest BCUT2D eigenvalue weighted by atomic mass is 9.96. The van der Waals surface area contributed by atoms with Crippen molar-refractivity contribution in [2.24, 2.45) is 5.92 Å². The Morgan fingerprint density at radius 2 is 1.55 bits per heavy atom. The highest BCUT2D eigenvalue weighted by Crippen LogP contribution is 2.30. The maximum Gasteiger partial charge on any atom is 0.0640 e. The van der Waals surface area contributed by atoms with Crippen LogP contribution in [0.3, 0.4) is 0 Å². The van der Waals surface area contributed by atoms with Crippen molar-refractivity contribution in [2.45, 2.75) is 66.0 Å². The average molecular weight is 564 g/mol. The third kappa shape index (κ3) is 8.42. The molecule has 1 saturated heterocycles. The lowest BCUT2D eigenvalue weighted by Crippen LogP contribution is -2.49. The lowest BCUT2D eigenvalue weighted by Gasteiger charge is -2.40. The van der Waals surface area contributed by atoms with Gasteiger partial charge in [0, 0.05) is 63.0 Å². The monoisotopic (exact) mass is 563 g/mol. The molecular formula is C34H50ClN5. The molecular weight excluding hydrogens is 514 g/mol. The first-order valence-corrected chi connectivity index (χ1v) is 15.6. The Morgan fingerprint density at radius 1 is 0.900 bits per heavy atom. The molecule has 0 saturated carbocycles. The fourth-order valence-electron chi connectivity index (χ4n) is 5.86. The lowest BCUT2D eigenvalue weighted by molar-refractivity contribution is 0.0998. The van der Waals surface area contributed by atoms with E-state index in [1.54, 1.807) is 0 Å². The SMILES string of the molecule is CCN(CCc1cc(CC(C)C)n(C(C)(C)C)n1)CCN1CCN(C(c2ccccc2)c2ccc(Cl)cc2)CC1. The zero-order valence-corrected chi connectivity index (χ0v) is 26.4. The van der Waals surface area contributed by atoms with E-state index >= 15 is 0 Å². The van der Waals surface area contributed by atoms with Gasteiger partial charge in [-0.2, -0.15) is 5.10 Å². The van der Waals surface area contributed by atoms with Gasteiger partial charge in [0.25, 0.3) is 0 Å². The van der Waals surface area contributed by atoms with Gasteiger partial charge in [-0.3, -0.25) is 14.5 Å². The van der Waals surface area contributed by atoms with Crippen LogP contribution in [0.15, 0.2) is 60.7 Å². The summed E-state index contributed by atoms with van der Waals surface area (Å²) in [4.78, 5) is 7.86. The minimum atomic E-state index is 0.0160. The van der Waals surface area contributed by atoms with Gasteiger partial charge in [0.15, 0.2) is 0 Å². The highest BCUT2D eigenvalue weighted by Gasteiger charge is 2.26. The molecule has 1 aromatic heterocycles. The van der Waals surface area contributed by atoms with Crippen molar-refractivity contribution in [3.8, 4) is 0 Å². The van der Waals surface area contributed by atoms with Crippen molar-refractivity contribution in [2.75, 3.05) is 52.4 Å². The number of hydrogen-bond acceptors (Lipinski definition) is 4. The van der Waals surface area contributed by atoms with Gasteiger partial charge >= 0.3 is 0 Å². The van der Waals surface area contributed by atoms with Crippen molar-refractivity contribution in [1.82, 2.24) is 24.5 Å². The van der Waals surface area contributed by atoms with Gasteiger partial charge in [0.1, 0.15) is 0 Å². The summed E-state index contributed by atoms with van der Waals surface area (Å²) < 4.78 is 2.25. The standard InChI is InChI=1S/C34H50ClN5/c1-7-37(18-17-31-26-32(25-27(2)3)40(36-31)34(4,5)6)19-20-38-21-23-39(24-22-38)33(28-11-9-8-10-12-28)29-13-15-30(35)16-14-29/h8-16,26-27,33H,7,17-25H2,1-6H3. The van der Waals surface area contributed by atoms with Gasteiger partial charge in [-0.1, -0.05) is 74.8 Å². The van der Waals surface area contributed by atoms with Gasteiger partial charge in [-0.25, -0.2) is 0 Å². The van der Waals surface area contributed by atoms with Crippen molar-refractivity contribution < 1.29 is 0 Å². The van der Waals surface area contributed by atoms with Crippen molar-refractivity contribution in [3.63, 3.8) is 0 Å². The molecule has 1 atom stereocenters. The zero-order chi connectivity index (χ0) is 28.7. The minimum absolute atomic E-state index is 0.0160. The van der Waals surface area contributed by atoms with Crippen LogP contribution in [0.2, 0.25) is 5.02 Å². The second-order valence-electron chi connectivity index (χ2n) is 12.7. The second kappa shape index (κ2) is 14.1. The van der Waals surface area contributed by atoms with Crippen LogP contribution in [0.25, 0.3) is 0 Å². The van der Waals surface area contributed by atoms with Crippen molar-refractivity contribution >= 4 is 11.6 Å². The highest BCUT2D eigenvalue weighted by atomic mass is 35.5. The van der Waals surface area contributed by atoms with E-state index < -0.39 is 0 Å². The number of halogens is 1. The molecule has 218 valence electrons. The van der Waals surface area contributed by atoms with E-state index in [0.29, 0.717) is 5.92 Å². The molecule has 1 aliphatic heterocycles. The summed E-state index contributed by atoms with van der Waals surface area (Å²) in [6, 6.07) is 21.9. The Balaban J connectivity index is 1.30. The summed E-state index contributed by atoms with van der Waals surface area (Å²) in [5, 5.41) is 5.83. The zero-order valence-electron chi connectivity index (χ0n) is 25.6. The van der Waals surface area contributed by atoms with E-state index in [1.807, 2.05) is 12.1 Å². The third-order valence-corrected chi connectivity index (χ3v) is 8.28. The number of aromatic nitrogens is 2. The topological polar surface area (TPSA) is 27.5 Å². The van der Waals surface area contributed by atoms with Crippen LogP contribution in [-0.2, 0) is 18.4 Å². The molecule has 3 aromatic rings. The Labute approximate surface area is 248 Å². The van der Waals surface area contributed by atoms with Crippen LogP contribution in [0.5, 0.6) is 0 Å². The molecule has 40 heavy (non-hydrogen) atoms. The first kappa shape index (κ1) is 30.8. The molecule has 2 heterocycles. The molecule has 0 amide bonds. The molecule has 6 heteroatoms. The Kier molecular flexibility index (Phi) is 10.9. The van der Waals surface area contributed by atoms with E-state index in [4.69, 9.17) is 16.7 Å². The van der Waals surface area contributed by atoms with E-state index in [2.05, 4.69) is 109 Å². The van der Waals surface area contributed by atoms with Gasteiger partial charge in [0.05, 0.1) is 17.3 Å². The summed E-state index contributed by atoms with van der Waals surface area (Å²) in [6.45, 7) is 22.3. The first-order chi connectivity index (χ1) is 19.1. The Morgan fingerprint density at radius 3 is 2.15 bits per heavy atom. The number of piperazine rings is 1. The number of rotatable bonds is 12. The number of nitrogens with zero attached hydrogens (tertiary/aromatic N) is 5. The summed E-state index contributed by atoms with van der Waals surface area (Å²) in [5.41, 5.74) is 5.27. The van der Waals surface area contributed by atoms with Gasteiger partial charge in [-0.15, -0.1) is 0 Å². The minimum Gasteiger partial charge on any atom is -0.302 e. The van der Waals surface area contributed by atoms with Gasteiger partial charge < -0.3 is 4.90 Å². The maximum absolute atomic E-state index is 6.21. The molecule has 0 bridgehead atoms. The fourth-order valence-corrected chi connectivity index (χ4v) is 5.99. The number of likely N-dealkylation sites (N-methyl/N-ethyl adjacent to an activating group) is 1. The molecule has 4 rings (SSSR count). The maximum atomic E-state index is 6.21. The van der Waals surface area contributed by atoms with Crippen molar-refractivity contribution in [3.05, 3.63) is 88.2 Å². The first-order valence-electron chi connectivity index (χ1n) is 15.2. The van der Waals surface area contributed by atoms with Crippen LogP contribution < -0.4 is 0 Å². The predicted octanol–water partition coefficient (Wildman–Crippen LogP) is 6.76. The summed E-state index contributed by atoms with van der Waals surface area (Å²) in [6.07, 6.45) is 2.09. The summed E-state index contributed by atoms with van der Waals surface area (Å²) >= 11 is 6.21. The fraction of sp³-hybridized carbons (Fsp3) is 0.559.